The number of hydrogen-bond acceptors (Lipinski definition) is 4. The minimum atomic E-state index is -0.220. The van der Waals surface area contributed by atoms with Crippen LogP contribution in [0.3, 0.4) is 0 Å². The van der Waals surface area contributed by atoms with E-state index >= 15 is 0 Å². The molecule has 4 aromatic rings. The van der Waals surface area contributed by atoms with Gasteiger partial charge in [-0.1, -0.05) is 19.9 Å². The third-order valence-electron chi connectivity index (χ3n) is 5.09. The number of pyridine rings is 3. The lowest BCUT2D eigenvalue weighted by molar-refractivity contribution is 0.414. The van der Waals surface area contributed by atoms with Crippen molar-refractivity contribution in [2.45, 2.75) is 26.8 Å². The molecule has 0 N–H and O–H groups in total. The molecule has 0 amide bonds. The third kappa shape index (κ3) is 3.53. The minimum Gasteiger partial charge on any atom is -0.497 e. The smallest absolute Gasteiger partial charge is 0.264 e. The van der Waals surface area contributed by atoms with E-state index in [0.29, 0.717) is 45.7 Å². The first-order valence-corrected chi connectivity index (χ1v) is 9.68. The molecular formula is C23H23N3O3. The molecule has 6 nitrogen and oxygen atoms in total. The fraction of sp³-hybridized carbons (Fsp3) is 0.261. The molecule has 4 rings (SSSR count). The first-order valence-electron chi connectivity index (χ1n) is 9.68. The van der Waals surface area contributed by atoms with Gasteiger partial charge < -0.3 is 9.30 Å². The van der Waals surface area contributed by atoms with Crippen molar-refractivity contribution in [3.05, 3.63) is 75.6 Å². The molecule has 0 atom stereocenters. The summed E-state index contributed by atoms with van der Waals surface area (Å²) in [7, 11) is 1.59. The zero-order chi connectivity index (χ0) is 20.5. The van der Waals surface area contributed by atoms with Crippen molar-refractivity contribution in [1.82, 2.24) is 14.1 Å². The van der Waals surface area contributed by atoms with Gasteiger partial charge in [-0.25, -0.2) is 4.98 Å². The van der Waals surface area contributed by atoms with E-state index in [4.69, 9.17) is 4.74 Å². The second-order valence-corrected chi connectivity index (χ2v) is 7.54. The van der Waals surface area contributed by atoms with Gasteiger partial charge in [0.2, 0.25) is 0 Å². The molecule has 148 valence electrons. The van der Waals surface area contributed by atoms with Crippen molar-refractivity contribution in [1.29, 1.82) is 0 Å². The van der Waals surface area contributed by atoms with E-state index in [2.05, 4.69) is 18.8 Å². The molecule has 0 saturated heterocycles. The number of aryl methyl sites for hydroxylation is 1. The van der Waals surface area contributed by atoms with Crippen LogP contribution in [0.5, 0.6) is 5.75 Å². The van der Waals surface area contributed by atoms with Gasteiger partial charge in [0.1, 0.15) is 5.75 Å². The lowest BCUT2D eigenvalue weighted by Gasteiger charge is -2.11. The summed E-state index contributed by atoms with van der Waals surface area (Å²) in [5, 5.41) is 0.880. The Morgan fingerprint density at radius 2 is 1.69 bits per heavy atom. The highest BCUT2D eigenvalue weighted by Gasteiger charge is 2.11. The van der Waals surface area contributed by atoms with E-state index in [0.717, 1.165) is 6.42 Å². The molecule has 0 fully saturated rings. The fourth-order valence-electron chi connectivity index (χ4n) is 3.40. The molecule has 6 heteroatoms. The Hall–Kier alpha value is -3.41. The van der Waals surface area contributed by atoms with Gasteiger partial charge in [-0.05, 0) is 42.7 Å². The van der Waals surface area contributed by atoms with E-state index in [1.165, 1.54) is 0 Å². The summed E-state index contributed by atoms with van der Waals surface area (Å²) in [6.07, 6.45) is 4.39. The van der Waals surface area contributed by atoms with Crippen LogP contribution in [0.15, 0.2) is 64.4 Å². The third-order valence-corrected chi connectivity index (χ3v) is 5.09. The molecule has 0 bridgehead atoms. The van der Waals surface area contributed by atoms with Gasteiger partial charge in [-0.3, -0.25) is 14.2 Å². The van der Waals surface area contributed by atoms with Crippen LogP contribution in [0.25, 0.3) is 27.5 Å². The lowest BCUT2D eigenvalue weighted by Crippen LogP contribution is -2.22. The van der Waals surface area contributed by atoms with Crippen molar-refractivity contribution >= 4 is 21.8 Å². The number of rotatable bonds is 5. The van der Waals surface area contributed by atoms with Crippen LogP contribution in [0, 0.1) is 5.92 Å². The number of aromatic nitrogens is 3. The van der Waals surface area contributed by atoms with Crippen molar-refractivity contribution in [2.75, 3.05) is 7.11 Å². The van der Waals surface area contributed by atoms with E-state index in [-0.39, 0.29) is 11.1 Å². The highest BCUT2D eigenvalue weighted by atomic mass is 16.5. The Morgan fingerprint density at radius 1 is 0.966 bits per heavy atom. The van der Waals surface area contributed by atoms with Crippen LogP contribution in [-0.2, 0) is 6.54 Å². The SMILES string of the molecule is COc1cccc(-n2ccc3nc4ccn(CCC(C)C)c(=O)c4cc3c2=O)c1. The molecule has 29 heavy (non-hydrogen) atoms. The summed E-state index contributed by atoms with van der Waals surface area (Å²) in [4.78, 5) is 30.6. The number of hydrogen-bond donors (Lipinski definition) is 0. The second kappa shape index (κ2) is 7.54. The normalized spacial score (nSPS) is 11.4. The Kier molecular flexibility index (Phi) is 4.92. The van der Waals surface area contributed by atoms with Gasteiger partial charge in [0, 0.05) is 25.0 Å². The number of fused-ring (bicyclic) bond motifs is 2. The summed E-state index contributed by atoms with van der Waals surface area (Å²) in [6.45, 7) is 4.90. The van der Waals surface area contributed by atoms with Gasteiger partial charge in [-0.2, -0.15) is 0 Å². The summed E-state index contributed by atoms with van der Waals surface area (Å²) >= 11 is 0. The van der Waals surface area contributed by atoms with Crippen molar-refractivity contribution in [3.63, 3.8) is 0 Å². The molecule has 0 aliphatic rings. The maximum atomic E-state index is 13.2. The topological polar surface area (TPSA) is 66.1 Å². The molecule has 3 heterocycles. The molecule has 1 aromatic carbocycles. The monoisotopic (exact) mass is 389 g/mol. The van der Waals surface area contributed by atoms with Crippen LogP contribution >= 0.6 is 0 Å². The van der Waals surface area contributed by atoms with Gasteiger partial charge >= 0.3 is 0 Å². The molecule has 0 aliphatic carbocycles. The minimum absolute atomic E-state index is 0.117. The highest BCUT2D eigenvalue weighted by molar-refractivity contribution is 5.91. The number of nitrogens with zero attached hydrogens (tertiary/aromatic N) is 3. The Labute approximate surface area is 168 Å². The maximum absolute atomic E-state index is 13.2. The summed E-state index contributed by atoms with van der Waals surface area (Å²) in [5.74, 6) is 1.17. The summed E-state index contributed by atoms with van der Waals surface area (Å²) in [6, 6.07) is 12.6. The number of methoxy groups -OCH3 is 1. The zero-order valence-electron chi connectivity index (χ0n) is 16.8. The molecule has 0 spiro atoms. The van der Waals surface area contributed by atoms with Crippen molar-refractivity contribution in [2.24, 2.45) is 5.92 Å². The summed E-state index contributed by atoms with van der Waals surface area (Å²) in [5.41, 5.74) is 1.53. The van der Waals surface area contributed by atoms with Gasteiger partial charge in [0.05, 0.1) is 34.6 Å². The quantitative estimate of drug-likeness (QED) is 0.488. The number of ether oxygens (including phenoxy) is 1. The largest absolute Gasteiger partial charge is 0.497 e. The van der Waals surface area contributed by atoms with E-state index < -0.39 is 0 Å². The zero-order valence-corrected chi connectivity index (χ0v) is 16.8. The van der Waals surface area contributed by atoms with Gasteiger partial charge in [-0.15, -0.1) is 0 Å². The average Bonchev–Trinajstić information content (AvgIpc) is 2.73. The van der Waals surface area contributed by atoms with Crippen molar-refractivity contribution in [3.8, 4) is 11.4 Å². The Morgan fingerprint density at radius 3 is 2.41 bits per heavy atom. The van der Waals surface area contributed by atoms with E-state index in [9.17, 15) is 9.59 Å². The predicted molar refractivity (Wildman–Crippen MR) is 115 cm³/mol. The predicted octanol–water partition coefficient (Wildman–Crippen LogP) is 3.76. The van der Waals surface area contributed by atoms with Gasteiger partial charge in [0.15, 0.2) is 0 Å². The second-order valence-electron chi connectivity index (χ2n) is 7.54. The Balaban J connectivity index is 1.90. The Bertz CT molecular complexity index is 1320. The first-order chi connectivity index (χ1) is 14.0. The van der Waals surface area contributed by atoms with Crippen LogP contribution in [-0.4, -0.2) is 21.2 Å². The number of benzene rings is 1. The molecular weight excluding hydrogens is 366 g/mol. The standard InChI is InChI=1S/C23H23N3O3/c1-15(2)7-10-25-11-8-20-18(22(25)27)14-19-21(24-20)9-12-26(23(19)28)16-5-4-6-17(13-16)29-3/h4-6,8-9,11-15H,7,10H2,1-3H3. The van der Waals surface area contributed by atoms with E-state index in [1.807, 2.05) is 24.3 Å². The first kappa shape index (κ1) is 18.9. The average molecular weight is 389 g/mol. The molecule has 0 aliphatic heterocycles. The lowest BCUT2D eigenvalue weighted by atomic mass is 10.1. The van der Waals surface area contributed by atoms with Crippen LogP contribution in [0.1, 0.15) is 20.3 Å². The highest BCUT2D eigenvalue weighted by Crippen LogP contribution is 2.18. The van der Waals surface area contributed by atoms with Crippen LogP contribution < -0.4 is 15.9 Å². The van der Waals surface area contributed by atoms with Crippen molar-refractivity contribution < 1.29 is 4.74 Å². The fourth-order valence-corrected chi connectivity index (χ4v) is 3.40. The molecule has 0 unspecified atom stereocenters. The van der Waals surface area contributed by atoms with Crippen LogP contribution in [0.2, 0.25) is 0 Å². The molecule has 0 radical (unpaired) electrons. The van der Waals surface area contributed by atoms with E-state index in [1.54, 1.807) is 46.8 Å². The summed E-state index contributed by atoms with van der Waals surface area (Å²) < 4.78 is 8.49. The van der Waals surface area contributed by atoms with Crippen LogP contribution in [0.4, 0.5) is 0 Å². The molecule has 0 saturated carbocycles. The van der Waals surface area contributed by atoms with Gasteiger partial charge in [0.25, 0.3) is 11.1 Å². The maximum Gasteiger partial charge on any atom is 0.264 e. The molecule has 3 aromatic heterocycles.